The van der Waals surface area contributed by atoms with Gasteiger partial charge in [0.15, 0.2) is 0 Å². The number of rotatable bonds is 9. The highest BCUT2D eigenvalue weighted by Gasteiger charge is 2.07. The fourth-order valence-electron chi connectivity index (χ4n) is 2.12. The molecule has 0 saturated carbocycles. The van der Waals surface area contributed by atoms with E-state index < -0.39 is 0 Å². The molecule has 0 fully saturated rings. The van der Waals surface area contributed by atoms with Gasteiger partial charge in [-0.1, -0.05) is 36.8 Å². The Kier molecular flexibility index (Phi) is 7.76. The van der Waals surface area contributed by atoms with Crippen molar-refractivity contribution in [3.05, 3.63) is 35.4 Å². The molecule has 0 amide bonds. The second-order valence-electron chi connectivity index (χ2n) is 5.45. The van der Waals surface area contributed by atoms with Gasteiger partial charge in [-0.05, 0) is 52.1 Å². The van der Waals surface area contributed by atoms with E-state index in [4.69, 9.17) is 4.74 Å². The highest BCUT2D eigenvalue weighted by Crippen LogP contribution is 2.17. The molecule has 0 aliphatic carbocycles. The predicted molar refractivity (Wildman–Crippen MR) is 82.5 cm³/mol. The van der Waals surface area contributed by atoms with Crippen molar-refractivity contribution in [3.8, 4) is 0 Å². The van der Waals surface area contributed by atoms with Crippen molar-refractivity contribution in [3.63, 3.8) is 0 Å². The molecule has 2 nitrogen and oxygen atoms in total. The molecule has 0 heterocycles. The number of hydrogen-bond acceptors (Lipinski definition) is 2. The smallest absolute Gasteiger partial charge is 0.0518 e. The Morgan fingerprint density at radius 1 is 1.11 bits per heavy atom. The molecule has 1 N–H and O–H groups in total. The van der Waals surface area contributed by atoms with Gasteiger partial charge in [0.2, 0.25) is 0 Å². The Balaban J connectivity index is 2.24. The topological polar surface area (TPSA) is 21.3 Å². The first-order valence-corrected chi connectivity index (χ1v) is 7.55. The van der Waals surface area contributed by atoms with E-state index in [1.165, 1.54) is 17.5 Å². The Bertz CT molecular complexity index is 332. The second kappa shape index (κ2) is 9.11. The monoisotopic (exact) mass is 263 g/mol. The van der Waals surface area contributed by atoms with Crippen LogP contribution >= 0.6 is 0 Å². The van der Waals surface area contributed by atoms with E-state index in [1.54, 1.807) is 0 Å². The molecule has 1 atom stereocenters. The molecule has 0 bridgehead atoms. The standard InChI is InChI=1S/C17H29NO/c1-5-17(16-10-8-15(4)9-11-16)18-12-6-7-13-19-14(2)3/h8-11,14,17-18H,5-7,12-13H2,1-4H3. The van der Waals surface area contributed by atoms with Crippen LogP contribution in [0.2, 0.25) is 0 Å². The SMILES string of the molecule is CCC(NCCCCOC(C)C)c1ccc(C)cc1. The van der Waals surface area contributed by atoms with Crippen LogP contribution in [-0.2, 0) is 4.74 Å². The summed E-state index contributed by atoms with van der Waals surface area (Å²) in [6.45, 7) is 10.5. The van der Waals surface area contributed by atoms with Crippen molar-refractivity contribution in [1.82, 2.24) is 5.32 Å². The normalized spacial score (nSPS) is 12.9. The van der Waals surface area contributed by atoms with E-state index in [-0.39, 0.29) is 0 Å². The molecule has 108 valence electrons. The zero-order valence-corrected chi connectivity index (χ0v) is 12.9. The fraction of sp³-hybridized carbons (Fsp3) is 0.647. The molecule has 1 unspecified atom stereocenters. The molecule has 0 saturated heterocycles. The van der Waals surface area contributed by atoms with E-state index in [0.29, 0.717) is 12.1 Å². The van der Waals surface area contributed by atoms with Gasteiger partial charge in [0.25, 0.3) is 0 Å². The van der Waals surface area contributed by atoms with Crippen LogP contribution in [0.4, 0.5) is 0 Å². The third kappa shape index (κ3) is 6.74. The van der Waals surface area contributed by atoms with Crippen molar-refractivity contribution in [2.45, 2.75) is 59.1 Å². The van der Waals surface area contributed by atoms with Crippen molar-refractivity contribution in [1.29, 1.82) is 0 Å². The third-order valence-electron chi connectivity index (χ3n) is 3.30. The summed E-state index contributed by atoms with van der Waals surface area (Å²) < 4.78 is 5.55. The van der Waals surface area contributed by atoms with Gasteiger partial charge in [-0.3, -0.25) is 0 Å². The van der Waals surface area contributed by atoms with Crippen LogP contribution in [0.25, 0.3) is 0 Å². The molecular weight excluding hydrogens is 234 g/mol. The molecule has 2 heteroatoms. The zero-order valence-electron chi connectivity index (χ0n) is 12.9. The van der Waals surface area contributed by atoms with Gasteiger partial charge in [0.1, 0.15) is 0 Å². The summed E-state index contributed by atoms with van der Waals surface area (Å²) in [4.78, 5) is 0. The molecule has 19 heavy (non-hydrogen) atoms. The lowest BCUT2D eigenvalue weighted by atomic mass is 10.0. The summed E-state index contributed by atoms with van der Waals surface area (Å²) in [5, 5.41) is 3.64. The lowest BCUT2D eigenvalue weighted by molar-refractivity contribution is 0.0759. The molecule has 0 aliphatic heterocycles. The largest absolute Gasteiger partial charge is 0.379 e. The van der Waals surface area contributed by atoms with Gasteiger partial charge in [0, 0.05) is 12.6 Å². The summed E-state index contributed by atoms with van der Waals surface area (Å²) in [5.41, 5.74) is 2.72. The number of ether oxygens (including phenoxy) is 1. The maximum absolute atomic E-state index is 5.55. The van der Waals surface area contributed by atoms with Gasteiger partial charge >= 0.3 is 0 Å². The van der Waals surface area contributed by atoms with Crippen molar-refractivity contribution >= 4 is 0 Å². The van der Waals surface area contributed by atoms with E-state index in [9.17, 15) is 0 Å². The number of benzene rings is 1. The predicted octanol–water partition coefficient (Wildman–Crippen LogP) is 4.24. The highest BCUT2D eigenvalue weighted by atomic mass is 16.5. The Hall–Kier alpha value is -0.860. The maximum Gasteiger partial charge on any atom is 0.0518 e. The molecule has 1 aromatic carbocycles. The van der Waals surface area contributed by atoms with Gasteiger partial charge in [0.05, 0.1) is 6.10 Å². The van der Waals surface area contributed by atoms with E-state index in [0.717, 1.165) is 26.0 Å². The number of nitrogens with one attached hydrogen (secondary N) is 1. The molecule has 1 rings (SSSR count). The van der Waals surface area contributed by atoms with Crippen molar-refractivity contribution in [2.75, 3.05) is 13.2 Å². The third-order valence-corrected chi connectivity index (χ3v) is 3.30. The molecule has 0 aromatic heterocycles. The average molecular weight is 263 g/mol. The molecular formula is C17H29NO. The Morgan fingerprint density at radius 2 is 1.79 bits per heavy atom. The Labute approximate surface area is 118 Å². The van der Waals surface area contributed by atoms with Gasteiger partial charge in [-0.15, -0.1) is 0 Å². The van der Waals surface area contributed by atoms with Crippen LogP contribution in [0, 0.1) is 6.92 Å². The number of aryl methyl sites for hydroxylation is 1. The lowest BCUT2D eigenvalue weighted by Gasteiger charge is -2.17. The average Bonchev–Trinajstić information content (AvgIpc) is 2.39. The van der Waals surface area contributed by atoms with Crippen molar-refractivity contribution < 1.29 is 4.74 Å². The summed E-state index contributed by atoms with van der Waals surface area (Å²) in [7, 11) is 0. The van der Waals surface area contributed by atoms with Crippen LogP contribution in [0.15, 0.2) is 24.3 Å². The van der Waals surface area contributed by atoms with Crippen LogP contribution in [0.1, 0.15) is 57.2 Å². The lowest BCUT2D eigenvalue weighted by Crippen LogP contribution is -2.22. The summed E-state index contributed by atoms with van der Waals surface area (Å²) in [6, 6.07) is 9.33. The molecule has 0 aliphatic rings. The Morgan fingerprint density at radius 3 is 2.37 bits per heavy atom. The number of hydrogen-bond donors (Lipinski definition) is 1. The van der Waals surface area contributed by atoms with Crippen molar-refractivity contribution in [2.24, 2.45) is 0 Å². The summed E-state index contributed by atoms with van der Waals surface area (Å²) in [5.74, 6) is 0. The zero-order chi connectivity index (χ0) is 14.1. The fourth-order valence-corrected chi connectivity index (χ4v) is 2.12. The van der Waals surface area contributed by atoms with Gasteiger partial charge in [-0.25, -0.2) is 0 Å². The minimum atomic E-state index is 0.351. The quantitative estimate of drug-likeness (QED) is 0.673. The van der Waals surface area contributed by atoms with Gasteiger partial charge in [-0.2, -0.15) is 0 Å². The molecule has 0 spiro atoms. The molecule has 0 radical (unpaired) electrons. The maximum atomic E-state index is 5.55. The van der Waals surface area contributed by atoms with E-state index in [1.807, 2.05) is 0 Å². The first-order valence-electron chi connectivity index (χ1n) is 7.55. The van der Waals surface area contributed by atoms with E-state index in [2.05, 4.69) is 57.3 Å². The van der Waals surface area contributed by atoms with Gasteiger partial charge < -0.3 is 10.1 Å². The van der Waals surface area contributed by atoms with E-state index >= 15 is 0 Å². The summed E-state index contributed by atoms with van der Waals surface area (Å²) >= 11 is 0. The van der Waals surface area contributed by atoms with Crippen LogP contribution in [0.3, 0.4) is 0 Å². The van der Waals surface area contributed by atoms with Crippen LogP contribution < -0.4 is 5.32 Å². The summed E-state index contributed by atoms with van der Waals surface area (Å²) in [6.07, 6.45) is 3.79. The second-order valence-corrected chi connectivity index (χ2v) is 5.45. The van der Waals surface area contributed by atoms with Crippen LogP contribution in [0.5, 0.6) is 0 Å². The van der Waals surface area contributed by atoms with Crippen LogP contribution in [-0.4, -0.2) is 19.3 Å². The first-order chi connectivity index (χ1) is 9.13. The minimum absolute atomic E-state index is 0.351. The first kappa shape index (κ1) is 16.2. The number of unbranched alkanes of at least 4 members (excludes halogenated alkanes) is 1. The minimum Gasteiger partial charge on any atom is -0.379 e. The highest BCUT2D eigenvalue weighted by molar-refractivity contribution is 5.23. The molecule has 1 aromatic rings.